The van der Waals surface area contributed by atoms with Crippen LogP contribution >= 0.6 is 0 Å². The van der Waals surface area contributed by atoms with Gasteiger partial charge in [-0.15, -0.1) is 0 Å². The van der Waals surface area contributed by atoms with E-state index in [4.69, 9.17) is 4.74 Å². The zero-order valence-electron chi connectivity index (χ0n) is 17.5. The number of carbonyl (C=O) groups is 2. The summed E-state index contributed by atoms with van der Waals surface area (Å²) >= 11 is 0. The second-order valence-corrected chi connectivity index (χ2v) is 9.76. The summed E-state index contributed by atoms with van der Waals surface area (Å²) in [5.74, 6) is -0.368. The van der Waals surface area contributed by atoms with Crippen molar-refractivity contribution in [1.82, 2.24) is 9.21 Å². The van der Waals surface area contributed by atoms with Crippen LogP contribution in [0.1, 0.15) is 26.7 Å². The molecule has 3 rings (SSSR count). The number of nitrogens with zero attached hydrogens (tertiary/aromatic N) is 2. The van der Waals surface area contributed by atoms with Gasteiger partial charge in [0.05, 0.1) is 43.2 Å². The van der Waals surface area contributed by atoms with Gasteiger partial charge in [-0.3, -0.25) is 10.1 Å². The third-order valence-electron chi connectivity index (χ3n) is 5.58. The molecule has 1 aromatic rings. The molecular weight excluding hydrogens is 410 g/mol. The van der Waals surface area contributed by atoms with Gasteiger partial charge in [0.25, 0.3) is 0 Å². The molecule has 0 aromatic heterocycles. The fourth-order valence-corrected chi connectivity index (χ4v) is 5.56. The number of amides is 2. The lowest BCUT2D eigenvalue weighted by molar-refractivity contribution is -0.149. The normalized spacial score (nSPS) is 25.6. The molecule has 166 valence electrons. The molecule has 3 atom stereocenters. The molecule has 0 saturated carbocycles. The molecule has 2 aliphatic heterocycles. The number of benzene rings is 1. The summed E-state index contributed by atoms with van der Waals surface area (Å²) in [6, 6.07) is 5.85. The van der Waals surface area contributed by atoms with Gasteiger partial charge in [0, 0.05) is 18.8 Å². The molecular formula is C20H29N3O6S. The average molecular weight is 440 g/mol. The summed E-state index contributed by atoms with van der Waals surface area (Å²) in [7, 11) is -2.49. The van der Waals surface area contributed by atoms with Crippen LogP contribution in [-0.2, 0) is 24.3 Å². The van der Waals surface area contributed by atoms with E-state index in [1.165, 1.54) is 35.7 Å². The van der Waals surface area contributed by atoms with Crippen molar-refractivity contribution in [3.63, 3.8) is 0 Å². The van der Waals surface area contributed by atoms with Gasteiger partial charge in [-0.1, -0.05) is 0 Å². The number of carbonyl (C=O) groups excluding carboxylic acids is 2. The minimum atomic E-state index is -3.74. The Balaban J connectivity index is 1.72. The van der Waals surface area contributed by atoms with Crippen molar-refractivity contribution in [2.24, 2.45) is 5.92 Å². The van der Waals surface area contributed by atoms with Crippen LogP contribution in [0.15, 0.2) is 29.2 Å². The molecule has 2 heterocycles. The third-order valence-corrected chi connectivity index (χ3v) is 7.46. The Morgan fingerprint density at radius 1 is 1.13 bits per heavy atom. The number of methoxy groups -OCH3 is 1. The second-order valence-electron chi connectivity index (χ2n) is 7.82. The molecule has 30 heavy (non-hydrogen) atoms. The van der Waals surface area contributed by atoms with E-state index in [9.17, 15) is 18.0 Å². The first-order valence-electron chi connectivity index (χ1n) is 10.1. The Morgan fingerprint density at radius 3 is 2.37 bits per heavy atom. The minimum absolute atomic E-state index is 0.00386. The highest BCUT2D eigenvalue weighted by Crippen LogP contribution is 2.27. The molecule has 10 heteroatoms. The molecule has 1 aromatic carbocycles. The van der Waals surface area contributed by atoms with Crippen LogP contribution < -0.4 is 5.32 Å². The number of rotatable bonds is 4. The van der Waals surface area contributed by atoms with Crippen molar-refractivity contribution in [3.05, 3.63) is 24.3 Å². The van der Waals surface area contributed by atoms with Crippen LogP contribution in [0.5, 0.6) is 0 Å². The Kier molecular flexibility index (Phi) is 6.99. The number of sulfonamides is 1. The minimum Gasteiger partial charge on any atom is -0.453 e. The summed E-state index contributed by atoms with van der Waals surface area (Å²) in [5, 5.41) is 2.49. The highest BCUT2D eigenvalue weighted by atomic mass is 32.2. The Morgan fingerprint density at radius 2 is 1.77 bits per heavy atom. The SMILES string of the molecule is COC(=O)Nc1ccc(S(=O)(=O)N2CCC[C@H](C(=O)N3[C@H](C)COC[C@@H]3C)C2)cc1. The molecule has 0 unspecified atom stereocenters. The lowest BCUT2D eigenvalue weighted by atomic mass is 9.96. The van der Waals surface area contributed by atoms with Crippen LogP contribution in [0, 0.1) is 5.92 Å². The Bertz CT molecular complexity index is 863. The van der Waals surface area contributed by atoms with E-state index in [0.29, 0.717) is 38.3 Å². The average Bonchev–Trinajstić information content (AvgIpc) is 2.74. The summed E-state index contributed by atoms with van der Waals surface area (Å²) in [6.07, 6.45) is 0.670. The van der Waals surface area contributed by atoms with Crippen molar-refractivity contribution in [2.75, 3.05) is 38.7 Å². The van der Waals surface area contributed by atoms with E-state index in [0.717, 1.165) is 0 Å². The van der Waals surface area contributed by atoms with E-state index < -0.39 is 16.1 Å². The van der Waals surface area contributed by atoms with Crippen LogP contribution in [-0.4, -0.2) is 75.1 Å². The van der Waals surface area contributed by atoms with Gasteiger partial charge in [-0.05, 0) is 51.0 Å². The van der Waals surface area contributed by atoms with E-state index in [1.807, 2.05) is 18.7 Å². The van der Waals surface area contributed by atoms with Gasteiger partial charge in [-0.2, -0.15) is 4.31 Å². The molecule has 2 fully saturated rings. The lowest BCUT2D eigenvalue weighted by Gasteiger charge is -2.42. The van der Waals surface area contributed by atoms with Gasteiger partial charge >= 0.3 is 6.09 Å². The van der Waals surface area contributed by atoms with E-state index in [2.05, 4.69) is 10.1 Å². The second kappa shape index (κ2) is 9.32. The topological polar surface area (TPSA) is 105 Å². The zero-order valence-corrected chi connectivity index (χ0v) is 18.4. The van der Waals surface area contributed by atoms with E-state index in [-0.39, 0.29) is 35.3 Å². The maximum Gasteiger partial charge on any atom is 0.411 e. The molecule has 0 radical (unpaired) electrons. The molecule has 0 aliphatic carbocycles. The van der Waals surface area contributed by atoms with Crippen molar-refractivity contribution < 1.29 is 27.5 Å². The maximum atomic E-state index is 13.2. The van der Waals surface area contributed by atoms with Gasteiger partial charge < -0.3 is 14.4 Å². The zero-order chi connectivity index (χ0) is 21.9. The van der Waals surface area contributed by atoms with Crippen molar-refractivity contribution >= 4 is 27.7 Å². The molecule has 0 spiro atoms. The highest BCUT2D eigenvalue weighted by molar-refractivity contribution is 7.89. The van der Waals surface area contributed by atoms with Gasteiger partial charge in [0.2, 0.25) is 15.9 Å². The van der Waals surface area contributed by atoms with Crippen LogP contribution in [0.4, 0.5) is 10.5 Å². The molecule has 1 N–H and O–H groups in total. The van der Waals surface area contributed by atoms with Crippen LogP contribution in [0.3, 0.4) is 0 Å². The molecule has 2 aliphatic rings. The van der Waals surface area contributed by atoms with Crippen molar-refractivity contribution in [2.45, 2.75) is 43.7 Å². The number of anilines is 1. The molecule has 2 saturated heterocycles. The smallest absolute Gasteiger partial charge is 0.411 e. The van der Waals surface area contributed by atoms with E-state index in [1.54, 1.807) is 0 Å². The monoisotopic (exact) mass is 439 g/mol. The largest absolute Gasteiger partial charge is 0.453 e. The first-order chi connectivity index (χ1) is 14.2. The highest BCUT2D eigenvalue weighted by Gasteiger charge is 2.38. The molecule has 0 bridgehead atoms. The third kappa shape index (κ3) is 4.76. The van der Waals surface area contributed by atoms with Gasteiger partial charge in [0.1, 0.15) is 0 Å². The number of morpholine rings is 1. The van der Waals surface area contributed by atoms with Crippen molar-refractivity contribution in [3.8, 4) is 0 Å². The fraction of sp³-hybridized carbons (Fsp3) is 0.600. The number of piperidine rings is 1. The van der Waals surface area contributed by atoms with Crippen LogP contribution in [0.25, 0.3) is 0 Å². The van der Waals surface area contributed by atoms with Crippen molar-refractivity contribution in [1.29, 1.82) is 0 Å². The quantitative estimate of drug-likeness (QED) is 0.768. The lowest BCUT2D eigenvalue weighted by Crippen LogP contribution is -2.56. The van der Waals surface area contributed by atoms with Gasteiger partial charge in [0.15, 0.2) is 0 Å². The number of hydrogen-bond donors (Lipinski definition) is 1. The fourth-order valence-electron chi connectivity index (χ4n) is 4.04. The standard InChI is InChI=1S/C20H29N3O6S/c1-14-12-29-13-15(2)23(14)19(24)16-5-4-10-22(11-16)30(26,27)18-8-6-17(7-9-18)21-20(25)28-3/h6-9,14-16H,4-5,10-13H2,1-3H3,(H,21,25)/t14-,15+,16-/m0/s1. The summed E-state index contributed by atoms with van der Waals surface area (Å²) < 4.78 is 37.7. The maximum absolute atomic E-state index is 13.2. The summed E-state index contributed by atoms with van der Waals surface area (Å²) in [4.78, 5) is 26.4. The molecule has 2 amide bonds. The Hall–Kier alpha value is -2.17. The Labute approximate surface area is 177 Å². The van der Waals surface area contributed by atoms with Crippen LogP contribution in [0.2, 0.25) is 0 Å². The number of ether oxygens (including phenoxy) is 2. The summed E-state index contributed by atoms with van der Waals surface area (Å²) in [6.45, 7) is 5.44. The predicted molar refractivity (Wildman–Crippen MR) is 111 cm³/mol. The van der Waals surface area contributed by atoms with E-state index >= 15 is 0 Å². The first-order valence-corrected chi connectivity index (χ1v) is 11.5. The summed E-state index contributed by atoms with van der Waals surface area (Å²) in [5.41, 5.74) is 0.433. The number of hydrogen-bond acceptors (Lipinski definition) is 6. The van der Waals surface area contributed by atoms with Gasteiger partial charge in [-0.25, -0.2) is 13.2 Å². The first kappa shape index (κ1) is 22.5. The predicted octanol–water partition coefficient (Wildman–Crippen LogP) is 1.90. The molecule has 9 nitrogen and oxygen atoms in total. The number of nitrogens with one attached hydrogen (secondary N) is 1.